The second-order valence-corrected chi connectivity index (χ2v) is 8.80. The molecule has 0 atom stereocenters. The third-order valence-corrected chi connectivity index (χ3v) is 6.73. The number of aryl methyl sites for hydroxylation is 1. The maximum absolute atomic E-state index is 13.2. The molecule has 1 aromatic carbocycles. The first-order valence-electron chi connectivity index (χ1n) is 11.2. The van der Waals surface area contributed by atoms with Gasteiger partial charge in [-0.25, -0.2) is 0 Å². The van der Waals surface area contributed by atoms with Crippen LogP contribution in [0.2, 0.25) is 0 Å². The smallest absolute Gasteiger partial charge is 0.325 e. The fraction of sp³-hybridized carbons (Fsp3) is 0.583. The molecule has 0 N–H and O–H groups in total. The van der Waals surface area contributed by atoms with E-state index < -0.39 is 5.97 Å². The Kier molecular flexibility index (Phi) is 6.54. The number of nitrogens with zero attached hydrogens (tertiary/aromatic N) is 3. The van der Waals surface area contributed by atoms with E-state index in [1.54, 1.807) is 4.57 Å². The summed E-state index contributed by atoms with van der Waals surface area (Å²) in [6.07, 6.45) is 6.78. The van der Waals surface area contributed by atoms with E-state index in [1.165, 1.54) is 39.2 Å². The van der Waals surface area contributed by atoms with Gasteiger partial charge in [0.05, 0.1) is 12.6 Å². The molecule has 0 radical (unpaired) electrons. The van der Waals surface area contributed by atoms with Crippen molar-refractivity contribution in [1.29, 1.82) is 0 Å². The lowest BCUT2D eigenvalue weighted by atomic mass is 9.94. The molecule has 0 spiro atoms. The number of fused-ring (bicyclic) bond motifs is 1. The molecule has 1 aliphatic carbocycles. The van der Waals surface area contributed by atoms with Crippen LogP contribution in [0.4, 0.5) is 0 Å². The van der Waals surface area contributed by atoms with E-state index in [1.807, 2.05) is 31.2 Å². The minimum absolute atomic E-state index is 0.0570. The lowest BCUT2D eigenvalue weighted by Crippen LogP contribution is -2.50. The number of aromatic nitrogens is 1. The van der Waals surface area contributed by atoms with Crippen LogP contribution >= 0.6 is 0 Å². The third-order valence-electron chi connectivity index (χ3n) is 6.73. The van der Waals surface area contributed by atoms with E-state index in [9.17, 15) is 9.59 Å². The van der Waals surface area contributed by atoms with Gasteiger partial charge in [0.2, 0.25) is 0 Å². The Morgan fingerprint density at radius 2 is 1.80 bits per heavy atom. The Bertz CT molecular complexity index is 954. The summed E-state index contributed by atoms with van der Waals surface area (Å²) in [5.41, 5.74) is 2.51. The van der Waals surface area contributed by atoms with Gasteiger partial charge in [0.15, 0.2) is 0 Å². The van der Waals surface area contributed by atoms with Gasteiger partial charge in [0.1, 0.15) is 6.54 Å². The highest BCUT2D eigenvalue weighted by atomic mass is 16.5. The highest BCUT2D eigenvalue weighted by Gasteiger charge is 2.25. The Balaban J connectivity index is 1.53. The van der Waals surface area contributed by atoms with Gasteiger partial charge in [-0.2, -0.15) is 0 Å². The highest BCUT2D eigenvalue weighted by molar-refractivity contribution is 5.82. The average Bonchev–Trinajstić information content (AvgIpc) is 2.78. The molecule has 162 valence electrons. The normalized spacial score (nSPS) is 19.3. The van der Waals surface area contributed by atoms with Crippen LogP contribution in [0.15, 0.2) is 29.1 Å². The minimum atomic E-state index is -0.404. The minimum Gasteiger partial charge on any atom is -0.468 e. The first-order chi connectivity index (χ1) is 14.5. The number of rotatable bonds is 5. The molecule has 1 aromatic heterocycles. The van der Waals surface area contributed by atoms with Crippen LogP contribution in [0.1, 0.15) is 43.2 Å². The van der Waals surface area contributed by atoms with Gasteiger partial charge >= 0.3 is 5.97 Å². The van der Waals surface area contributed by atoms with E-state index in [2.05, 4.69) is 9.80 Å². The van der Waals surface area contributed by atoms with Crippen LogP contribution in [0, 0.1) is 6.92 Å². The number of hydrogen-bond acceptors (Lipinski definition) is 5. The van der Waals surface area contributed by atoms with E-state index in [-0.39, 0.29) is 12.1 Å². The van der Waals surface area contributed by atoms with E-state index >= 15 is 0 Å². The fourth-order valence-corrected chi connectivity index (χ4v) is 4.98. The molecule has 2 aromatic rings. The number of piperazine rings is 1. The molecule has 4 rings (SSSR count). The number of methoxy groups -OCH3 is 1. The maximum Gasteiger partial charge on any atom is 0.325 e. The summed E-state index contributed by atoms with van der Waals surface area (Å²) in [7, 11) is 1.36. The molecule has 0 amide bonds. The van der Waals surface area contributed by atoms with Crippen molar-refractivity contribution in [3.63, 3.8) is 0 Å². The van der Waals surface area contributed by atoms with Crippen molar-refractivity contribution in [2.45, 2.75) is 58.2 Å². The van der Waals surface area contributed by atoms with Crippen LogP contribution < -0.4 is 5.56 Å². The molecular formula is C24H33N3O3. The van der Waals surface area contributed by atoms with Gasteiger partial charge in [-0.05, 0) is 42.8 Å². The zero-order valence-corrected chi connectivity index (χ0v) is 18.2. The summed E-state index contributed by atoms with van der Waals surface area (Å²) in [4.78, 5) is 30.2. The first-order valence-corrected chi connectivity index (χ1v) is 11.2. The summed E-state index contributed by atoms with van der Waals surface area (Å²) in [6.45, 7) is 6.69. The molecule has 6 heteroatoms. The monoisotopic (exact) mass is 411 g/mol. The molecule has 1 saturated heterocycles. The number of esters is 1. The predicted molar refractivity (Wildman–Crippen MR) is 119 cm³/mol. The molecule has 0 unspecified atom stereocenters. The lowest BCUT2D eigenvalue weighted by molar-refractivity contribution is -0.141. The summed E-state index contributed by atoms with van der Waals surface area (Å²) < 4.78 is 6.40. The fourth-order valence-electron chi connectivity index (χ4n) is 4.98. The quantitative estimate of drug-likeness (QED) is 0.708. The largest absolute Gasteiger partial charge is 0.468 e. The van der Waals surface area contributed by atoms with Crippen LogP contribution in [-0.2, 0) is 22.6 Å². The summed E-state index contributed by atoms with van der Waals surface area (Å²) in [5.74, 6) is -0.404. The topological polar surface area (TPSA) is 54.8 Å². The number of pyridine rings is 1. The number of carbonyl (C=O) groups is 1. The van der Waals surface area contributed by atoms with Gasteiger partial charge in [0, 0.05) is 44.3 Å². The standard InChI is InChI=1S/C24H33N3O3/c1-18-8-9-19-15-20(24(29)27(22(19)14-18)17-23(28)30-2)16-25-10-12-26(13-11-25)21-6-4-3-5-7-21/h8-9,14-15,21H,3-7,10-13,16-17H2,1-2H3. The van der Waals surface area contributed by atoms with Crippen LogP contribution in [0.25, 0.3) is 10.9 Å². The van der Waals surface area contributed by atoms with Crippen LogP contribution in [0.5, 0.6) is 0 Å². The molecule has 1 aliphatic heterocycles. The Labute approximate surface area is 178 Å². The molecule has 2 heterocycles. The van der Waals surface area contributed by atoms with Crippen LogP contribution in [-0.4, -0.2) is 59.7 Å². The highest BCUT2D eigenvalue weighted by Crippen LogP contribution is 2.24. The predicted octanol–water partition coefficient (Wildman–Crippen LogP) is 2.93. The Morgan fingerprint density at radius 3 is 2.50 bits per heavy atom. The Morgan fingerprint density at radius 1 is 1.07 bits per heavy atom. The molecular weight excluding hydrogens is 378 g/mol. The molecule has 2 fully saturated rings. The second kappa shape index (κ2) is 9.31. The van der Waals surface area contributed by atoms with Crippen molar-refractivity contribution < 1.29 is 9.53 Å². The number of ether oxygens (including phenoxy) is 1. The molecule has 1 saturated carbocycles. The van der Waals surface area contributed by atoms with Crippen molar-refractivity contribution in [1.82, 2.24) is 14.4 Å². The summed E-state index contributed by atoms with van der Waals surface area (Å²) >= 11 is 0. The van der Waals surface area contributed by atoms with Crippen molar-refractivity contribution in [3.05, 3.63) is 45.7 Å². The molecule has 2 aliphatic rings. The van der Waals surface area contributed by atoms with Gasteiger partial charge < -0.3 is 4.74 Å². The van der Waals surface area contributed by atoms with Crippen molar-refractivity contribution in [3.8, 4) is 0 Å². The SMILES string of the molecule is COC(=O)Cn1c(=O)c(CN2CCN(C3CCCCC3)CC2)cc2ccc(C)cc21. The Hall–Kier alpha value is -2.18. The average molecular weight is 412 g/mol. The zero-order chi connectivity index (χ0) is 21.1. The van der Waals surface area contributed by atoms with E-state index in [4.69, 9.17) is 4.74 Å². The number of hydrogen-bond donors (Lipinski definition) is 0. The zero-order valence-electron chi connectivity index (χ0n) is 18.2. The second-order valence-electron chi connectivity index (χ2n) is 8.80. The van der Waals surface area contributed by atoms with E-state index in [0.717, 1.165) is 54.3 Å². The molecule has 6 nitrogen and oxygen atoms in total. The number of benzene rings is 1. The molecule has 0 bridgehead atoms. The van der Waals surface area contributed by atoms with Crippen molar-refractivity contribution in [2.75, 3.05) is 33.3 Å². The third kappa shape index (κ3) is 4.60. The van der Waals surface area contributed by atoms with Gasteiger partial charge in [0.25, 0.3) is 5.56 Å². The first kappa shape index (κ1) is 21.1. The van der Waals surface area contributed by atoms with Crippen LogP contribution in [0.3, 0.4) is 0 Å². The summed E-state index contributed by atoms with van der Waals surface area (Å²) in [5, 5.41) is 0.986. The molecule has 30 heavy (non-hydrogen) atoms. The van der Waals surface area contributed by atoms with E-state index in [0.29, 0.717) is 6.54 Å². The van der Waals surface area contributed by atoms with Crippen molar-refractivity contribution >= 4 is 16.9 Å². The van der Waals surface area contributed by atoms with Crippen molar-refractivity contribution in [2.24, 2.45) is 0 Å². The van der Waals surface area contributed by atoms with Gasteiger partial charge in [-0.1, -0.05) is 31.4 Å². The maximum atomic E-state index is 13.2. The number of carbonyl (C=O) groups excluding carboxylic acids is 1. The van der Waals surface area contributed by atoms with Gasteiger partial charge in [-0.3, -0.25) is 24.0 Å². The van der Waals surface area contributed by atoms with Gasteiger partial charge in [-0.15, -0.1) is 0 Å². The lowest BCUT2D eigenvalue weighted by Gasteiger charge is -2.40. The summed E-state index contributed by atoms with van der Waals surface area (Å²) in [6, 6.07) is 8.79.